The highest BCUT2D eigenvalue weighted by Crippen LogP contribution is 2.50. The molecule has 6 nitrogen and oxygen atoms in total. The summed E-state index contributed by atoms with van der Waals surface area (Å²) in [6.45, 7) is 1.94. The van der Waals surface area contributed by atoms with Gasteiger partial charge in [-0.05, 0) is 37.3 Å². The Morgan fingerprint density at radius 1 is 1.03 bits per heavy atom. The summed E-state index contributed by atoms with van der Waals surface area (Å²) in [6, 6.07) is 17.8. The van der Waals surface area contributed by atoms with Crippen LogP contribution in [0.15, 0.2) is 64.1 Å². The van der Waals surface area contributed by atoms with Gasteiger partial charge in [0.05, 0.1) is 20.3 Å². The highest BCUT2D eigenvalue weighted by Gasteiger charge is 2.42. The molecular formula is C23H22N2O4. The molecule has 6 heteroatoms. The first-order valence-corrected chi connectivity index (χ1v) is 9.58. The van der Waals surface area contributed by atoms with E-state index in [9.17, 15) is 0 Å². The molecular weight excluding hydrogens is 368 g/mol. The second-order valence-electron chi connectivity index (χ2n) is 7.18. The van der Waals surface area contributed by atoms with Crippen LogP contribution in [0, 0.1) is 6.92 Å². The summed E-state index contributed by atoms with van der Waals surface area (Å²) in [7, 11) is 3.32. The molecule has 0 fully saturated rings. The highest BCUT2D eigenvalue weighted by atomic mass is 16.5. The third-order valence-corrected chi connectivity index (χ3v) is 5.40. The summed E-state index contributed by atoms with van der Waals surface area (Å²) in [6.07, 6.45) is 0.337. The molecule has 3 aromatic rings. The minimum atomic E-state index is -0.396. The number of furan rings is 1. The molecule has 3 heterocycles. The lowest BCUT2D eigenvalue weighted by Gasteiger charge is -2.38. The molecule has 2 atom stereocenters. The van der Waals surface area contributed by atoms with Crippen LogP contribution in [0.1, 0.15) is 41.3 Å². The van der Waals surface area contributed by atoms with Gasteiger partial charge in [-0.2, -0.15) is 5.10 Å². The topological polar surface area (TPSA) is 56.4 Å². The number of aryl methyl sites for hydroxylation is 1. The Balaban J connectivity index is 1.62. The molecule has 0 spiro atoms. The van der Waals surface area contributed by atoms with Crippen molar-refractivity contribution in [3.05, 3.63) is 77.2 Å². The lowest BCUT2D eigenvalue weighted by Crippen LogP contribution is -2.33. The number of fused-ring (bicyclic) bond motifs is 3. The van der Waals surface area contributed by atoms with E-state index in [1.807, 2.05) is 60.5 Å². The van der Waals surface area contributed by atoms with Crippen LogP contribution >= 0.6 is 0 Å². The molecule has 2 aromatic carbocycles. The highest BCUT2D eigenvalue weighted by molar-refractivity contribution is 5.99. The number of ether oxygens (including phenoxy) is 3. The van der Waals surface area contributed by atoms with Gasteiger partial charge in [-0.15, -0.1) is 0 Å². The van der Waals surface area contributed by atoms with E-state index in [0.29, 0.717) is 0 Å². The Morgan fingerprint density at radius 2 is 1.90 bits per heavy atom. The van der Waals surface area contributed by atoms with Gasteiger partial charge in [-0.3, -0.25) is 0 Å². The monoisotopic (exact) mass is 390 g/mol. The molecule has 0 bridgehead atoms. The van der Waals surface area contributed by atoms with Gasteiger partial charge in [0, 0.05) is 17.5 Å². The number of hydrogen-bond acceptors (Lipinski definition) is 6. The van der Waals surface area contributed by atoms with Crippen LogP contribution in [0.4, 0.5) is 0 Å². The number of para-hydroxylation sites is 1. The van der Waals surface area contributed by atoms with Gasteiger partial charge in [0.1, 0.15) is 23.0 Å². The Kier molecular flexibility index (Phi) is 4.19. The second-order valence-corrected chi connectivity index (χ2v) is 7.18. The van der Waals surface area contributed by atoms with Crippen molar-refractivity contribution >= 4 is 5.71 Å². The van der Waals surface area contributed by atoms with Gasteiger partial charge in [-0.25, -0.2) is 5.01 Å². The molecule has 0 unspecified atom stereocenters. The van der Waals surface area contributed by atoms with E-state index in [1.165, 1.54) is 0 Å². The smallest absolute Gasteiger partial charge is 0.214 e. The fraction of sp³-hybridized carbons (Fsp3) is 0.261. The molecule has 0 N–H and O–H groups in total. The fourth-order valence-corrected chi connectivity index (χ4v) is 4.00. The SMILES string of the molecule is COc1cccc([C@H]2Oc3c(OC)cccc3[C@H]3CC(c4ccc(C)o4)=NN32)c1. The Morgan fingerprint density at radius 3 is 2.66 bits per heavy atom. The molecule has 5 rings (SSSR count). The molecule has 0 saturated carbocycles. The van der Waals surface area contributed by atoms with E-state index in [0.717, 1.165) is 52.0 Å². The number of hydrazone groups is 1. The largest absolute Gasteiger partial charge is 0.497 e. The zero-order valence-corrected chi connectivity index (χ0v) is 16.6. The van der Waals surface area contributed by atoms with Crippen LogP contribution in [0.2, 0.25) is 0 Å². The maximum absolute atomic E-state index is 6.45. The Bertz CT molecular complexity index is 1090. The number of benzene rings is 2. The summed E-state index contributed by atoms with van der Waals surface area (Å²) in [4.78, 5) is 0. The minimum absolute atomic E-state index is 0.0328. The van der Waals surface area contributed by atoms with Crippen LogP contribution in [-0.4, -0.2) is 24.9 Å². The average molecular weight is 390 g/mol. The Hall–Kier alpha value is -3.41. The van der Waals surface area contributed by atoms with Crippen molar-refractivity contribution in [3.63, 3.8) is 0 Å². The zero-order chi connectivity index (χ0) is 20.0. The van der Waals surface area contributed by atoms with Crippen molar-refractivity contribution < 1.29 is 18.6 Å². The predicted molar refractivity (Wildman–Crippen MR) is 109 cm³/mol. The van der Waals surface area contributed by atoms with E-state index in [-0.39, 0.29) is 6.04 Å². The molecule has 2 aliphatic heterocycles. The first-order valence-electron chi connectivity index (χ1n) is 9.58. The van der Waals surface area contributed by atoms with Gasteiger partial charge >= 0.3 is 0 Å². The molecule has 29 heavy (non-hydrogen) atoms. The zero-order valence-electron chi connectivity index (χ0n) is 16.6. The van der Waals surface area contributed by atoms with Gasteiger partial charge in [-0.1, -0.05) is 24.3 Å². The van der Waals surface area contributed by atoms with Crippen LogP contribution in [-0.2, 0) is 0 Å². The van der Waals surface area contributed by atoms with Crippen molar-refractivity contribution in [1.29, 1.82) is 0 Å². The Labute approximate surface area is 169 Å². The van der Waals surface area contributed by atoms with Gasteiger partial charge in [0.2, 0.25) is 6.23 Å². The first-order chi connectivity index (χ1) is 14.2. The minimum Gasteiger partial charge on any atom is -0.497 e. The van der Waals surface area contributed by atoms with Crippen molar-refractivity contribution in [3.8, 4) is 17.2 Å². The first kappa shape index (κ1) is 17.7. The molecule has 0 radical (unpaired) electrons. The van der Waals surface area contributed by atoms with Crippen molar-refractivity contribution in [2.45, 2.75) is 25.6 Å². The van der Waals surface area contributed by atoms with Crippen LogP contribution in [0.25, 0.3) is 0 Å². The summed E-state index contributed by atoms with van der Waals surface area (Å²) in [5.41, 5.74) is 2.94. The molecule has 2 aliphatic rings. The van der Waals surface area contributed by atoms with Crippen molar-refractivity contribution in [1.82, 2.24) is 5.01 Å². The van der Waals surface area contributed by atoms with Crippen LogP contribution in [0.3, 0.4) is 0 Å². The van der Waals surface area contributed by atoms with E-state index in [1.54, 1.807) is 14.2 Å². The fourth-order valence-electron chi connectivity index (χ4n) is 4.00. The normalized spacial score (nSPS) is 19.8. The lowest BCUT2D eigenvalue weighted by atomic mass is 9.97. The maximum Gasteiger partial charge on any atom is 0.214 e. The maximum atomic E-state index is 6.45. The van der Waals surface area contributed by atoms with E-state index in [4.69, 9.17) is 23.7 Å². The third-order valence-electron chi connectivity index (χ3n) is 5.40. The number of hydrogen-bond donors (Lipinski definition) is 0. The quantitative estimate of drug-likeness (QED) is 0.638. The number of methoxy groups -OCH3 is 2. The molecule has 148 valence electrons. The van der Waals surface area contributed by atoms with Crippen molar-refractivity contribution in [2.75, 3.05) is 14.2 Å². The standard InChI is InChI=1S/C23H22N2O4/c1-14-10-11-20(28-14)18-13-19-17-8-5-9-21(27-3)22(17)29-23(25(19)24-18)15-6-4-7-16(12-15)26-2/h4-12,19,23H,13H2,1-3H3/t19-,23-/m1/s1. The van der Waals surface area contributed by atoms with Crippen LogP contribution < -0.4 is 14.2 Å². The van der Waals surface area contributed by atoms with Gasteiger partial charge < -0.3 is 18.6 Å². The molecule has 0 saturated heterocycles. The molecule has 1 aromatic heterocycles. The predicted octanol–water partition coefficient (Wildman–Crippen LogP) is 4.85. The van der Waals surface area contributed by atoms with E-state index < -0.39 is 6.23 Å². The summed E-state index contributed by atoms with van der Waals surface area (Å²) >= 11 is 0. The third kappa shape index (κ3) is 2.92. The number of rotatable bonds is 4. The summed E-state index contributed by atoms with van der Waals surface area (Å²) in [5, 5.41) is 6.93. The number of nitrogens with zero attached hydrogens (tertiary/aromatic N) is 2. The van der Waals surface area contributed by atoms with Crippen LogP contribution in [0.5, 0.6) is 17.2 Å². The van der Waals surface area contributed by atoms with Crippen molar-refractivity contribution in [2.24, 2.45) is 5.10 Å². The summed E-state index contributed by atoms with van der Waals surface area (Å²) < 4.78 is 23.3. The molecule has 0 aliphatic carbocycles. The van der Waals surface area contributed by atoms with E-state index >= 15 is 0 Å². The van der Waals surface area contributed by atoms with E-state index in [2.05, 4.69) is 6.07 Å². The summed E-state index contributed by atoms with van der Waals surface area (Å²) in [5.74, 6) is 3.92. The second kappa shape index (κ2) is 6.88. The lowest BCUT2D eigenvalue weighted by molar-refractivity contribution is -0.0210. The van der Waals surface area contributed by atoms with Gasteiger partial charge in [0.15, 0.2) is 11.5 Å². The van der Waals surface area contributed by atoms with Gasteiger partial charge in [0.25, 0.3) is 0 Å². The molecule has 0 amide bonds. The average Bonchev–Trinajstić information content (AvgIpc) is 3.39.